The first kappa shape index (κ1) is 20.9. The van der Waals surface area contributed by atoms with Gasteiger partial charge in [-0.3, -0.25) is 19.3 Å². The summed E-state index contributed by atoms with van der Waals surface area (Å²) < 4.78 is 5.20. The first-order chi connectivity index (χ1) is 14.6. The van der Waals surface area contributed by atoms with E-state index in [-0.39, 0.29) is 23.6 Å². The molecule has 164 valence electrons. The van der Waals surface area contributed by atoms with E-state index in [0.717, 1.165) is 39.0 Å². The van der Waals surface area contributed by atoms with Gasteiger partial charge < -0.3 is 19.1 Å². The summed E-state index contributed by atoms with van der Waals surface area (Å²) in [7, 11) is 0. The monoisotopic (exact) mass is 416 g/mol. The summed E-state index contributed by atoms with van der Waals surface area (Å²) in [6.45, 7) is 6.27. The smallest absolute Gasteiger partial charge is 0.289 e. The van der Waals surface area contributed by atoms with Gasteiger partial charge in [0.25, 0.3) is 5.91 Å². The van der Waals surface area contributed by atoms with E-state index in [1.54, 1.807) is 17.0 Å². The third-order valence-electron chi connectivity index (χ3n) is 6.61. The Balaban J connectivity index is 1.19. The molecule has 0 radical (unpaired) electrons. The second-order valence-electron chi connectivity index (χ2n) is 8.59. The third-order valence-corrected chi connectivity index (χ3v) is 6.61. The van der Waals surface area contributed by atoms with E-state index < -0.39 is 0 Å². The number of furan rings is 1. The van der Waals surface area contributed by atoms with Gasteiger partial charge in [-0.2, -0.15) is 0 Å². The van der Waals surface area contributed by atoms with E-state index in [1.165, 1.54) is 12.7 Å². The van der Waals surface area contributed by atoms with Crippen LogP contribution in [0.4, 0.5) is 0 Å². The molecule has 0 aliphatic carbocycles. The molecule has 0 atom stereocenters. The van der Waals surface area contributed by atoms with Crippen LogP contribution in [0.1, 0.15) is 42.7 Å². The van der Waals surface area contributed by atoms with Gasteiger partial charge in [0.05, 0.1) is 12.8 Å². The minimum absolute atomic E-state index is 0.0211. The van der Waals surface area contributed by atoms with Crippen molar-refractivity contribution >= 4 is 17.7 Å². The van der Waals surface area contributed by atoms with Crippen molar-refractivity contribution in [3.05, 3.63) is 24.2 Å². The summed E-state index contributed by atoms with van der Waals surface area (Å²) >= 11 is 0. The Bertz CT molecular complexity index is 728. The summed E-state index contributed by atoms with van der Waals surface area (Å²) in [6, 6.07) is 3.39. The second-order valence-corrected chi connectivity index (χ2v) is 8.59. The van der Waals surface area contributed by atoms with Crippen molar-refractivity contribution < 1.29 is 18.8 Å². The molecule has 3 saturated heterocycles. The number of likely N-dealkylation sites (tertiary alicyclic amines) is 2. The normalized spacial score (nSPS) is 21.7. The van der Waals surface area contributed by atoms with Gasteiger partial charge in [-0.1, -0.05) is 0 Å². The lowest BCUT2D eigenvalue weighted by atomic mass is 9.94. The Labute approximate surface area is 177 Å². The molecule has 4 heterocycles. The predicted octanol–water partition coefficient (Wildman–Crippen LogP) is 1.29. The first-order valence-corrected chi connectivity index (χ1v) is 11.2. The maximum atomic E-state index is 12.9. The standard InChI is InChI=1S/C22H32N4O4/c27-20(24-8-2-1-3-9-24)17-23-12-14-26(15-13-23)21(28)18-6-10-25(11-7-18)22(29)19-5-4-16-30-19/h4-5,16,18H,1-3,6-15,17H2. The molecule has 0 aromatic carbocycles. The van der Waals surface area contributed by atoms with Gasteiger partial charge >= 0.3 is 0 Å². The maximum absolute atomic E-state index is 12.9. The van der Waals surface area contributed by atoms with Crippen molar-refractivity contribution in [1.29, 1.82) is 0 Å². The average molecular weight is 417 g/mol. The van der Waals surface area contributed by atoms with Crippen LogP contribution < -0.4 is 0 Å². The van der Waals surface area contributed by atoms with Crippen LogP contribution in [0.3, 0.4) is 0 Å². The van der Waals surface area contributed by atoms with Crippen LogP contribution in [0, 0.1) is 5.92 Å². The fourth-order valence-corrected chi connectivity index (χ4v) is 4.70. The highest BCUT2D eigenvalue weighted by molar-refractivity contribution is 5.91. The van der Waals surface area contributed by atoms with Gasteiger partial charge in [-0.25, -0.2) is 0 Å². The highest BCUT2D eigenvalue weighted by Crippen LogP contribution is 2.22. The number of piperidine rings is 2. The number of carbonyl (C=O) groups is 3. The maximum Gasteiger partial charge on any atom is 0.289 e. The summed E-state index contributed by atoms with van der Waals surface area (Å²) in [5.41, 5.74) is 0. The average Bonchev–Trinajstić information content (AvgIpc) is 3.34. The SMILES string of the molecule is O=C(CN1CCN(C(=O)C2CCN(C(=O)c3ccco3)CC2)CC1)N1CCCCC1. The van der Waals surface area contributed by atoms with Crippen LogP contribution in [-0.4, -0.2) is 96.2 Å². The van der Waals surface area contributed by atoms with Crippen molar-refractivity contribution in [2.75, 3.05) is 58.9 Å². The van der Waals surface area contributed by atoms with Crippen molar-refractivity contribution in [2.24, 2.45) is 5.92 Å². The molecular formula is C22H32N4O4. The van der Waals surface area contributed by atoms with E-state index >= 15 is 0 Å². The van der Waals surface area contributed by atoms with Gasteiger partial charge in [0.1, 0.15) is 0 Å². The summed E-state index contributed by atoms with van der Waals surface area (Å²) in [5, 5.41) is 0. The van der Waals surface area contributed by atoms with Gasteiger partial charge in [0, 0.05) is 58.3 Å². The number of hydrogen-bond donors (Lipinski definition) is 0. The molecule has 0 saturated carbocycles. The van der Waals surface area contributed by atoms with Gasteiger partial charge in [-0.15, -0.1) is 0 Å². The lowest BCUT2D eigenvalue weighted by molar-refractivity contribution is -0.139. The summed E-state index contributed by atoms with van der Waals surface area (Å²) in [5.74, 6) is 0.658. The van der Waals surface area contributed by atoms with Crippen LogP contribution in [-0.2, 0) is 9.59 Å². The summed E-state index contributed by atoms with van der Waals surface area (Å²) in [6.07, 6.45) is 6.33. The van der Waals surface area contributed by atoms with Crippen molar-refractivity contribution in [3.8, 4) is 0 Å². The molecular weight excluding hydrogens is 384 g/mol. The zero-order chi connectivity index (χ0) is 20.9. The fraction of sp³-hybridized carbons (Fsp3) is 0.682. The molecule has 3 fully saturated rings. The number of amides is 3. The lowest BCUT2D eigenvalue weighted by Crippen LogP contribution is -2.54. The second kappa shape index (κ2) is 9.64. The van der Waals surface area contributed by atoms with Crippen molar-refractivity contribution in [3.63, 3.8) is 0 Å². The van der Waals surface area contributed by atoms with Crippen LogP contribution in [0.5, 0.6) is 0 Å². The van der Waals surface area contributed by atoms with Gasteiger partial charge in [0.2, 0.25) is 11.8 Å². The van der Waals surface area contributed by atoms with Gasteiger partial charge in [-0.05, 0) is 44.2 Å². The number of hydrogen-bond acceptors (Lipinski definition) is 5. The van der Waals surface area contributed by atoms with E-state index in [9.17, 15) is 14.4 Å². The van der Waals surface area contributed by atoms with Crippen LogP contribution >= 0.6 is 0 Å². The Morgan fingerprint density at radius 1 is 0.833 bits per heavy atom. The number of carbonyl (C=O) groups excluding carboxylic acids is 3. The third kappa shape index (κ3) is 4.86. The minimum atomic E-state index is -0.0992. The molecule has 1 aromatic heterocycles. The van der Waals surface area contributed by atoms with Crippen molar-refractivity contribution in [1.82, 2.24) is 19.6 Å². The summed E-state index contributed by atoms with van der Waals surface area (Å²) in [4.78, 5) is 45.7. The number of nitrogens with zero attached hydrogens (tertiary/aromatic N) is 4. The zero-order valence-electron chi connectivity index (χ0n) is 17.6. The molecule has 3 amide bonds. The largest absolute Gasteiger partial charge is 0.459 e. The molecule has 0 N–H and O–H groups in total. The molecule has 3 aliphatic heterocycles. The lowest BCUT2D eigenvalue weighted by Gasteiger charge is -2.39. The Morgan fingerprint density at radius 2 is 1.53 bits per heavy atom. The highest BCUT2D eigenvalue weighted by Gasteiger charge is 2.33. The molecule has 0 bridgehead atoms. The quantitative estimate of drug-likeness (QED) is 0.739. The van der Waals surface area contributed by atoms with Crippen molar-refractivity contribution in [2.45, 2.75) is 32.1 Å². The van der Waals surface area contributed by atoms with Gasteiger partial charge in [0.15, 0.2) is 5.76 Å². The molecule has 1 aromatic rings. The molecule has 8 heteroatoms. The number of rotatable bonds is 4. The first-order valence-electron chi connectivity index (χ1n) is 11.2. The number of piperazine rings is 1. The predicted molar refractivity (Wildman–Crippen MR) is 111 cm³/mol. The van der Waals surface area contributed by atoms with E-state index in [1.807, 2.05) is 9.80 Å². The molecule has 30 heavy (non-hydrogen) atoms. The Morgan fingerprint density at radius 3 is 2.17 bits per heavy atom. The Hall–Kier alpha value is -2.35. The Kier molecular flexibility index (Phi) is 6.72. The van der Waals surface area contributed by atoms with Crippen LogP contribution in [0.15, 0.2) is 22.8 Å². The molecule has 3 aliphatic rings. The van der Waals surface area contributed by atoms with E-state index in [2.05, 4.69) is 4.90 Å². The van der Waals surface area contributed by atoms with Crippen LogP contribution in [0.25, 0.3) is 0 Å². The topological polar surface area (TPSA) is 77.3 Å². The zero-order valence-corrected chi connectivity index (χ0v) is 17.6. The minimum Gasteiger partial charge on any atom is -0.459 e. The molecule has 0 spiro atoms. The fourth-order valence-electron chi connectivity index (χ4n) is 4.70. The highest BCUT2D eigenvalue weighted by atomic mass is 16.3. The van der Waals surface area contributed by atoms with Crippen LogP contribution in [0.2, 0.25) is 0 Å². The molecule has 4 rings (SSSR count). The molecule has 8 nitrogen and oxygen atoms in total. The van der Waals surface area contributed by atoms with E-state index in [0.29, 0.717) is 51.3 Å². The molecule has 0 unspecified atom stereocenters. The van der Waals surface area contributed by atoms with E-state index in [4.69, 9.17) is 4.42 Å².